The highest BCUT2D eigenvalue weighted by atomic mass is 32.1. The van der Waals surface area contributed by atoms with Crippen LogP contribution in [-0.4, -0.2) is 53.5 Å². The average Bonchev–Trinajstić information content (AvgIpc) is 3.55. The molecule has 0 bridgehead atoms. The predicted molar refractivity (Wildman–Crippen MR) is 137 cm³/mol. The molecule has 0 saturated carbocycles. The summed E-state index contributed by atoms with van der Waals surface area (Å²) in [5, 5.41) is 28.1. The number of hydrogen-bond donors (Lipinski definition) is 2. The molecule has 0 aliphatic carbocycles. The number of nitro benzene ring substituents is 2. The van der Waals surface area contributed by atoms with E-state index < -0.39 is 28.1 Å². The van der Waals surface area contributed by atoms with Crippen LogP contribution in [0.2, 0.25) is 0 Å². The zero-order valence-electron chi connectivity index (χ0n) is 20.3. The molecule has 0 spiro atoms. The molecule has 3 aromatic rings. The number of ether oxygens (including phenoxy) is 2. The number of carbonyl (C=O) groups is 2. The van der Waals surface area contributed by atoms with Crippen molar-refractivity contribution in [2.24, 2.45) is 0 Å². The van der Waals surface area contributed by atoms with Gasteiger partial charge in [0.05, 0.1) is 15.9 Å². The number of amides is 2. The lowest BCUT2D eigenvalue weighted by Gasteiger charge is -2.23. The van der Waals surface area contributed by atoms with Crippen LogP contribution in [0.25, 0.3) is 0 Å². The van der Waals surface area contributed by atoms with Crippen LogP contribution in [0.3, 0.4) is 0 Å². The van der Waals surface area contributed by atoms with Gasteiger partial charge in [-0.2, -0.15) is 17.7 Å². The second kappa shape index (κ2) is 12.2. The van der Waals surface area contributed by atoms with E-state index in [0.29, 0.717) is 29.9 Å². The van der Waals surface area contributed by atoms with Gasteiger partial charge >= 0.3 is 12.2 Å². The molecule has 0 unspecified atom stereocenters. The molecule has 1 saturated heterocycles. The Balaban J connectivity index is 1.32. The molecule has 0 radical (unpaired) electrons. The topological polar surface area (TPSA) is 185 Å². The summed E-state index contributed by atoms with van der Waals surface area (Å²) < 4.78 is 12.0. The molecular formula is C23H23N7O8S. The van der Waals surface area contributed by atoms with Crippen LogP contribution in [0.1, 0.15) is 29.4 Å². The lowest BCUT2D eigenvalue weighted by molar-refractivity contribution is -0.385. The smallest absolute Gasteiger partial charge is 0.410 e. The summed E-state index contributed by atoms with van der Waals surface area (Å²) in [7, 11) is 0. The van der Waals surface area contributed by atoms with E-state index in [1.165, 1.54) is 64.4 Å². The zero-order valence-corrected chi connectivity index (χ0v) is 21.2. The Hall–Kier alpha value is -4.73. The molecule has 16 heteroatoms. The third-order valence-corrected chi connectivity index (χ3v) is 6.23. The maximum absolute atomic E-state index is 12.9. The van der Waals surface area contributed by atoms with Crippen LogP contribution in [0.5, 0.6) is 0 Å². The first kappa shape index (κ1) is 27.3. The summed E-state index contributed by atoms with van der Waals surface area (Å²) in [6, 6.07) is 10.8. The first-order valence-corrected chi connectivity index (χ1v) is 12.1. The highest BCUT2D eigenvalue weighted by Crippen LogP contribution is 2.34. The molecule has 15 nitrogen and oxygen atoms in total. The molecule has 1 aliphatic heterocycles. The van der Waals surface area contributed by atoms with Crippen LogP contribution in [0.4, 0.5) is 21.0 Å². The molecule has 2 atom stereocenters. The predicted octanol–water partition coefficient (Wildman–Crippen LogP) is 3.36. The molecule has 2 heterocycles. The second-order valence-corrected chi connectivity index (χ2v) is 9.22. The highest BCUT2D eigenvalue weighted by molar-refractivity contribution is 7.81. The minimum absolute atomic E-state index is 0.0641. The van der Waals surface area contributed by atoms with Gasteiger partial charge in [-0.1, -0.05) is 0 Å². The number of likely N-dealkylation sites (tertiary alicyclic amines) is 1. The minimum atomic E-state index is -0.743. The number of hydrogen-bond acceptors (Lipinski definition) is 11. The van der Waals surface area contributed by atoms with Crippen molar-refractivity contribution >= 4 is 36.2 Å². The molecule has 1 N–H and O–H groups in total. The number of alkyl carbamates (subject to hydrolysis) is 1. The second-order valence-electron chi connectivity index (χ2n) is 8.49. The third-order valence-electron chi connectivity index (χ3n) is 5.86. The summed E-state index contributed by atoms with van der Waals surface area (Å²) in [5.74, 6) is 0.412. The van der Waals surface area contributed by atoms with Gasteiger partial charge in [-0.15, -0.1) is 0 Å². The van der Waals surface area contributed by atoms with Crippen molar-refractivity contribution < 1.29 is 28.9 Å². The Morgan fingerprint density at radius 1 is 0.974 bits per heavy atom. The van der Waals surface area contributed by atoms with Crippen molar-refractivity contribution in [3.8, 4) is 0 Å². The van der Waals surface area contributed by atoms with Crippen molar-refractivity contribution in [2.45, 2.75) is 37.6 Å². The van der Waals surface area contributed by atoms with E-state index in [-0.39, 0.29) is 36.5 Å². The van der Waals surface area contributed by atoms with Crippen molar-refractivity contribution in [3.05, 3.63) is 92.0 Å². The van der Waals surface area contributed by atoms with E-state index in [9.17, 15) is 29.8 Å². The maximum Gasteiger partial charge on any atom is 0.410 e. The monoisotopic (exact) mass is 557 g/mol. The van der Waals surface area contributed by atoms with Gasteiger partial charge in [-0.3, -0.25) is 25.1 Å². The highest BCUT2D eigenvalue weighted by Gasteiger charge is 2.38. The fourth-order valence-electron chi connectivity index (χ4n) is 3.91. The Morgan fingerprint density at radius 3 is 2.10 bits per heavy atom. The summed E-state index contributed by atoms with van der Waals surface area (Å²) in [6.45, 7) is 0.0385. The zero-order chi connectivity index (χ0) is 27.9. The van der Waals surface area contributed by atoms with E-state index in [0.717, 1.165) is 0 Å². The van der Waals surface area contributed by atoms with Crippen LogP contribution in [-0.2, 0) is 29.4 Å². The standard InChI is InChI=1S/C23H23N7O8S/c31-22(37-11-15-1-5-17(6-2-15)29(33)34)25-14-28-21(24-13-26-28)20-9-19(39)10-27(20)23(32)38-12-16-3-7-18(8-4-16)30(35)36/h1-8,13,19-20,39H,9-12,14H2,(H,25,31)/t19-,20-/m0/s1. The number of nitro groups is 2. The number of aromatic nitrogens is 3. The van der Waals surface area contributed by atoms with Crippen molar-refractivity contribution in [3.63, 3.8) is 0 Å². The summed E-state index contributed by atoms with van der Waals surface area (Å²) in [4.78, 5) is 51.3. The molecule has 2 amide bonds. The average molecular weight is 558 g/mol. The molecule has 1 aliphatic rings. The van der Waals surface area contributed by atoms with Gasteiger partial charge in [-0.05, 0) is 41.8 Å². The quantitative estimate of drug-likeness (QED) is 0.224. The fourth-order valence-corrected chi connectivity index (χ4v) is 4.28. The lowest BCUT2D eigenvalue weighted by atomic mass is 10.2. The van der Waals surface area contributed by atoms with E-state index >= 15 is 0 Å². The number of benzene rings is 2. The number of carbonyl (C=O) groups excluding carboxylic acids is 2. The summed E-state index contributed by atoms with van der Waals surface area (Å²) >= 11 is 4.51. The van der Waals surface area contributed by atoms with E-state index in [4.69, 9.17) is 9.47 Å². The molecule has 1 aromatic heterocycles. The first-order chi connectivity index (χ1) is 18.7. The van der Waals surface area contributed by atoms with Crippen LogP contribution in [0, 0.1) is 20.2 Å². The van der Waals surface area contributed by atoms with Gasteiger partial charge in [0.2, 0.25) is 0 Å². The van der Waals surface area contributed by atoms with Crippen LogP contribution in [0.15, 0.2) is 54.9 Å². The Morgan fingerprint density at radius 2 is 1.54 bits per heavy atom. The molecule has 204 valence electrons. The molecule has 4 rings (SSSR count). The Bertz CT molecular complexity index is 1350. The molecular weight excluding hydrogens is 534 g/mol. The number of rotatable bonds is 9. The maximum atomic E-state index is 12.9. The van der Waals surface area contributed by atoms with E-state index in [2.05, 4.69) is 28.0 Å². The first-order valence-electron chi connectivity index (χ1n) is 11.6. The van der Waals surface area contributed by atoms with E-state index in [1.54, 1.807) is 0 Å². The number of thiol groups is 1. The molecule has 39 heavy (non-hydrogen) atoms. The van der Waals surface area contributed by atoms with Gasteiger partial charge in [0.25, 0.3) is 11.4 Å². The van der Waals surface area contributed by atoms with Crippen molar-refractivity contribution in [1.29, 1.82) is 0 Å². The van der Waals surface area contributed by atoms with Crippen molar-refractivity contribution in [1.82, 2.24) is 25.0 Å². The number of nitrogens with one attached hydrogen (secondary N) is 1. The van der Waals surface area contributed by atoms with Gasteiger partial charge in [0.1, 0.15) is 26.2 Å². The van der Waals surface area contributed by atoms with Gasteiger partial charge in [-0.25, -0.2) is 19.3 Å². The van der Waals surface area contributed by atoms with Crippen molar-refractivity contribution in [2.75, 3.05) is 6.54 Å². The Kier molecular flexibility index (Phi) is 8.55. The van der Waals surface area contributed by atoms with Gasteiger partial charge < -0.3 is 14.8 Å². The number of non-ortho nitro benzene ring substituents is 2. The summed E-state index contributed by atoms with van der Waals surface area (Å²) in [5.41, 5.74) is 1.03. The van der Waals surface area contributed by atoms with E-state index in [1.807, 2.05) is 0 Å². The van der Waals surface area contributed by atoms with Crippen LogP contribution < -0.4 is 5.32 Å². The molecule has 1 fully saturated rings. The lowest BCUT2D eigenvalue weighted by Crippen LogP contribution is -2.34. The van der Waals surface area contributed by atoms with Gasteiger partial charge in [0.15, 0.2) is 5.82 Å². The SMILES string of the molecule is O=C(NCn1ncnc1[C@@H]1C[C@H](S)CN1C(=O)OCc1ccc([N+](=O)[O-])cc1)OCc1ccc([N+](=O)[O-])cc1. The minimum Gasteiger partial charge on any atom is -0.445 e. The largest absolute Gasteiger partial charge is 0.445 e. The van der Waals surface area contributed by atoms with Gasteiger partial charge in [0, 0.05) is 36.1 Å². The van der Waals surface area contributed by atoms with Crippen LogP contribution >= 0.6 is 12.6 Å². The Labute approximate surface area is 226 Å². The fraction of sp³-hybridized carbons (Fsp3) is 0.304. The molecule has 2 aromatic carbocycles. The normalized spacial score (nSPS) is 16.5. The number of nitrogens with zero attached hydrogens (tertiary/aromatic N) is 6. The third kappa shape index (κ3) is 6.98. The summed E-state index contributed by atoms with van der Waals surface area (Å²) in [6.07, 6.45) is 0.414.